The van der Waals surface area contributed by atoms with Crippen LogP contribution in [0, 0.1) is 17.8 Å². The molecule has 2 N–H and O–H groups in total. The standard InChI is InChI=1S/C27H32N2O5/c1-4-16(2)24(25(30)29-13-17(3)22(14-29)26(31)32)28-27(33)34-15-23-20-11-7-5-9-18(20)19-10-6-8-12-21(19)23/h5-12,16-17,22-24H,4,13-15H2,1-3H3,(H,28,33)(H,31,32)/t16-,17+,22+,24-/m0/s1. The van der Waals surface area contributed by atoms with Crippen LogP contribution in [-0.4, -0.2) is 53.7 Å². The van der Waals surface area contributed by atoms with E-state index in [1.165, 1.54) is 0 Å². The van der Waals surface area contributed by atoms with E-state index in [0.29, 0.717) is 13.0 Å². The van der Waals surface area contributed by atoms with E-state index in [-0.39, 0.29) is 36.8 Å². The summed E-state index contributed by atoms with van der Waals surface area (Å²) in [4.78, 5) is 39.1. The number of alkyl carbamates (subject to hydrolysis) is 1. The molecule has 1 aliphatic carbocycles. The lowest BCUT2D eigenvalue weighted by molar-refractivity contribution is -0.142. The van der Waals surface area contributed by atoms with Gasteiger partial charge in [0.2, 0.25) is 5.91 Å². The number of carboxylic acids is 1. The van der Waals surface area contributed by atoms with E-state index in [2.05, 4.69) is 29.6 Å². The molecule has 180 valence electrons. The smallest absolute Gasteiger partial charge is 0.407 e. The highest BCUT2D eigenvalue weighted by Gasteiger charge is 2.40. The maximum absolute atomic E-state index is 13.2. The quantitative estimate of drug-likeness (QED) is 0.643. The SMILES string of the molecule is CC[C@H](C)[C@H](NC(=O)OCC1c2ccccc2-c2ccccc21)C(=O)N1C[C@@H](C)[C@H](C(=O)O)C1. The topological polar surface area (TPSA) is 95.9 Å². The third-order valence-electron chi connectivity index (χ3n) is 7.34. The number of nitrogens with zero attached hydrogens (tertiary/aromatic N) is 1. The summed E-state index contributed by atoms with van der Waals surface area (Å²) < 4.78 is 5.64. The van der Waals surface area contributed by atoms with E-state index in [1.807, 2.05) is 45.0 Å². The number of fused-ring (bicyclic) bond motifs is 3. The van der Waals surface area contributed by atoms with Gasteiger partial charge >= 0.3 is 12.1 Å². The summed E-state index contributed by atoms with van der Waals surface area (Å²) in [5.41, 5.74) is 4.54. The van der Waals surface area contributed by atoms with Crippen LogP contribution in [0.5, 0.6) is 0 Å². The van der Waals surface area contributed by atoms with Crippen LogP contribution in [0.4, 0.5) is 4.79 Å². The van der Waals surface area contributed by atoms with Crippen LogP contribution >= 0.6 is 0 Å². The fourth-order valence-electron chi connectivity index (χ4n) is 5.12. The fraction of sp³-hybridized carbons (Fsp3) is 0.444. The Bertz CT molecular complexity index is 1040. The largest absolute Gasteiger partial charge is 0.481 e. The van der Waals surface area contributed by atoms with Gasteiger partial charge in [0.1, 0.15) is 12.6 Å². The molecule has 0 aromatic heterocycles. The normalized spacial score (nSPS) is 20.9. The molecule has 1 aliphatic heterocycles. The molecule has 1 saturated heterocycles. The fourth-order valence-corrected chi connectivity index (χ4v) is 5.12. The maximum atomic E-state index is 13.2. The number of carbonyl (C=O) groups excluding carboxylic acids is 2. The molecule has 7 nitrogen and oxygen atoms in total. The van der Waals surface area contributed by atoms with Gasteiger partial charge in [-0.2, -0.15) is 0 Å². The molecule has 7 heteroatoms. The molecule has 0 unspecified atom stereocenters. The van der Waals surface area contributed by atoms with E-state index >= 15 is 0 Å². The highest BCUT2D eigenvalue weighted by molar-refractivity contribution is 5.87. The lowest BCUT2D eigenvalue weighted by Gasteiger charge is -2.28. The second-order valence-corrected chi connectivity index (χ2v) is 9.50. The number of amides is 2. The Labute approximate surface area is 200 Å². The number of likely N-dealkylation sites (tertiary alicyclic amines) is 1. The highest BCUT2D eigenvalue weighted by atomic mass is 16.5. The number of rotatable bonds is 7. The Kier molecular flexibility index (Phi) is 6.91. The Hall–Kier alpha value is -3.35. The number of carboxylic acid groups (broad SMARTS) is 1. The zero-order valence-corrected chi connectivity index (χ0v) is 19.9. The number of hydrogen-bond donors (Lipinski definition) is 2. The van der Waals surface area contributed by atoms with E-state index in [9.17, 15) is 19.5 Å². The lowest BCUT2D eigenvalue weighted by Crippen LogP contribution is -2.51. The summed E-state index contributed by atoms with van der Waals surface area (Å²) in [5.74, 6) is -2.05. The lowest BCUT2D eigenvalue weighted by atomic mass is 9.97. The molecular weight excluding hydrogens is 432 g/mol. The molecule has 2 amide bonds. The molecule has 0 bridgehead atoms. The maximum Gasteiger partial charge on any atom is 0.407 e. The average molecular weight is 465 g/mol. The minimum atomic E-state index is -0.896. The van der Waals surface area contributed by atoms with Gasteiger partial charge in [-0.15, -0.1) is 0 Å². The van der Waals surface area contributed by atoms with Crippen molar-refractivity contribution in [3.63, 3.8) is 0 Å². The second-order valence-electron chi connectivity index (χ2n) is 9.50. The summed E-state index contributed by atoms with van der Waals surface area (Å²) in [6.45, 7) is 6.40. The minimum Gasteiger partial charge on any atom is -0.481 e. The van der Waals surface area contributed by atoms with Crippen LogP contribution in [0.1, 0.15) is 44.2 Å². The zero-order valence-electron chi connectivity index (χ0n) is 19.9. The van der Waals surface area contributed by atoms with E-state index < -0.39 is 24.0 Å². The number of nitrogens with one attached hydrogen (secondary N) is 1. The number of carbonyl (C=O) groups is 3. The first kappa shape index (κ1) is 23.8. The van der Waals surface area contributed by atoms with Gasteiger partial charge in [-0.05, 0) is 34.1 Å². The van der Waals surface area contributed by atoms with Gasteiger partial charge in [0.15, 0.2) is 0 Å². The third kappa shape index (κ3) is 4.52. The number of ether oxygens (including phenoxy) is 1. The van der Waals surface area contributed by atoms with Crippen molar-refractivity contribution in [1.82, 2.24) is 10.2 Å². The van der Waals surface area contributed by atoms with Crippen LogP contribution in [-0.2, 0) is 14.3 Å². The van der Waals surface area contributed by atoms with Crippen LogP contribution < -0.4 is 5.32 Å². The summed E-state index contributed by atoms with van der Waals surface area (Å²) in [5, 5.41) is 12.2. The van der Waals surface area contributed by atoms with Gasteiger partial charge < -0.3 is 20.1 Å². The van der Waals surface area contributed by atoms with Crippen molar-refractivity contribution in [2.45, 2.75) is 39.2 Å². The Morgan fingerprint density at radius 2 is 1.65 bits per heavy atom. The monoisotopic (exact) mass is 464 g/mol. The molecule has 1 heterocycles. The predicted octanol–water partition coefficient (Wildman–Crippen LogP) is 4.12. The molecule has 2 aliphatic rings. The van der Waals surface area contributed by atoms with Crippen LogP contribution in [0.3, 0.4) is 0 Å². The van der Waals surface area contributed by atoms with Gasteiger partial charge in [-0.25, -0.2) is 4.79 Å². The molecule has 34 heavy (non-hydrogen) atoms. The van der Waals surface area contributed by atoms with Crippen molar-refractivity contribution >= 4 is 18.0 Å². The highest BCUT2D eigenvalue weighted by Crippen LogP contribution is 2.44. The Morgan fingerprint density at radius 1 is 1.06 bits per heavy atom. The molecule has 2 aromatic carbocycles. The number of benzene rings is 2. The summed E-state index contributed by atoms with van der Waals surface area (Å²) in [6, 6.07) is 15.5. The minimum absolute atomic E-state index is 0.0633. The molecule has 2 aromatic rings. The predicted molar refractivity (Wildman–Crippen MR) is 128 cm³/mol. The van der Waals surface area contributed by atoms with E-state index in [1.54, 1.807) is 4.90 Å². The van der Waals surface area contributed by atoms with E-state index in [0.717, 1.165) is 22.3 Å². The molecule has 0 saturated carbocycles. The molecule has 1 fully saturated rings. The second kappa shape index (κ2) is 9.87. The van der Waals surface area contributed by atoms with Crippen molar-refractivity contribution in [2.75, 3.05) is 19.7 Å². The number of hydrogen-bond acceptors (Lipinski definition) is 4. The molecule has 0 spiro atoms. The summed E-state index contributed by atoms with van der Waals surface area (Å²) in [7, 11) is 0. The summed E-state index contributed by atoms with van der Waals surface area (Å²) in [6.07, 6.45) is 0.0498. The van der Waals surface area contributed by atoms with E-state index in [4.69, 9.17) is 4.74 Å². The average Bonchev–Trinajstić information content (AvgIpc) is 3.38. The third-order valence-corrected chi connectivity index (χ3v) is 7.34. The van der Waals surface area contributed by atoms with Gasteiger partial charge in [-0.3, -0.25) is 9.59 Å². The Balaban J connectivity index is 1.43. The van der Waals surface area contributed by atoms with Gasteiger partial charge in [0.05, 0.1) is 5.92 Å². The van der Waals surface area contributed by atoms with Crippen molar-refractivity contribution < 1.29 is 24.2 Å². The first-order valence-corrected chi connectivity index (χ1v) is 11.9. The molecular formula is C27H32N2O5. The molecule has 4 atom stereocenters. The first-order chi connectivity index (χ1) is 16.3. The zero-order chi connectivity index (χ0) is 24.4. The molecule has 0 radical (unpaired) electrons. The van der Waals surface area contributed by atoms with Gasteiger partial charge in [0, 0.05) is 19.0 Å². The van der Waals surface area contributed by atoms with Crippen molar-refractivity contribution in [1.29, 1.82) is 0 Å². The van der Waals surface area contributed by atoms with Crippen LogP contribution in [0.15, 0.2) is 48.5 Å². The van der Waals surface area contributed by atoms with Gasteiger partial charge in [-0.1, -0.05) is 75.7 Å². The van der Waals surface area contributed by atoms with Gasteiger partial charge in [0.25, 0.3) is 0 Å². The first-order valence-electron chi connectivity index (χ1n) is 11.9. The van der Waals surface area contributed by atoms with Crippen LogP contribution in [0.25, 0.3) is 11.1 Å². The Morgan fingerprint density at radius 3 is 2.18 bits per heavy atom. The van der Waals surface area contributed by atoms with Crippen molar-refractivity contribution in [2.24, 2.45) is 17.8 Å². The number of aliphatic carboxylic acids is 1. The molecule has 4 rings (SSSR count). The van der Waals surface area contributed by atoms with Crippen molar-refractivity contribution in [3.05, 3.63) is 59.7 Å². The van der Waals surface area contributed by atoms with Crippen molar-refractivity contribution in [3.8, 4) is 11.1 Å². The summed E-state index contributed by atoms with van der Waals surface area (Å²) >= 11 is 0. The van der Waals surface area contributed by atoms with Crippen LogP contribution in [0.2, 0.25) is 0 Å².